The first-order valence-corrected chi connectivity index (χ1v) is 7.72. The van der Waals surface area contributed by atoms with Gasteiger partial charge < -0.3 is 10.2 Å². The molecular weight excluding hydrogens is 220 g/mol. The van der Waals surface area contributed by atoms with E-state index >= 15 is 0 Å². The van der Waals surface area contributed by atoms with Crippen LogP contribution in [0.15, 0.2) is 0 Å². The molecule has 4 heteroatoms. The molecule has 1 saturated heterocycles. The lowest BCUT2D eigenvalue weighted by molar-refractivity contribution is -0.131. The molecule has 0 spiro atoms. The van der Waals surface area contributed by atoms with Crippen LogP contribution in [0.25, 0.3) is 0 Å². The maximum Gasteiger partial charge on any atom is 0.223 e. The molecule has 0 aromatic rings. The van der Waals surface area contributed by atoms with Crippen molar-refractivity contribution in [3.05, 3.63) is 0 Å². The van der Waals surface area contributed by atoms with Crippen molar-refractivity contribution in [1.82, 2.24) is 10.2 Å². The van der Waals surface area contributed by atoms with Crippen LogP contribution in [0.2, 0.25) is 0 Å². The van der Waals surface area contributed by atoms with Gasteiger partial charge in [-0.1, -0.05) is 0 Å². The molecule has 92 valence electrons. The van der Waals surface area contributed by atoms with Gasteiger partial charge in [0.05, 0.1) is 0 Å². The quantitative estimate of drug-likeness (QED) is 0.766. The van der Waals surface area contributed by atoms with Crippen LogP contribution < -0.4 is 5.32 Å². The summed E-state index contributed by atoms with van der Waals surface area (Å²) in [5.41, 5.74) is 0. The van der Waals surface area contributed by atoms with Crippen molar-refractivity contribution in [2.24, 2.45) is 0 Å². The van der Waals surface area contributed by atoms with Gasteiger partial charge >= 0.3 is 0 Å². The summed E-state index contributed by atoms with van der Waals surface area (Å²) in [6.07, 6.45) is 7.72. The van der Waals surface area contributed by atoms with E-state index in [1.807, 2.05) is 0 Å². The predicted molar refractivity (Wildman–Crippen MR) is 68.8 cm³/mol. The fourth-order valence-corrected chi connectivity index (χ4v) is 2.70. The van der Waals surface area contributed by atoms with E-state index in [-0.39, 0.29) is 0 Å². The normalized spacial score (nSPS) is 24.7. The highest BCUT2D eigenvalue weighted by atomic mass is 32.2. The van der Waals surface area contributed by atoms with E-state index in [9.17, 15) is 4.79 Å². The molecule has 1 aliphatic heterocycles. The van der Waals surface area contributed by atoms with Crippen molar-refractivity contribution >= 4 is 17.7 Å². The van der Waals surface area contributed by atoms with Gasteiger partial charge in [-0.3, -0.25) is 4.79 Å². The van der Waals surface area contributed by atoms with Gasteiger partial charge in [-0.25, -0.2) is 0 Å². The number of nitrogens with one attached hydrogen (secondary N) is 1. The average molecular weight is 242 g/mol. The Balaban J connectivity index is 1.81. The zero-order chi connectivity index (χ0) is 11.4. The Morgan fingerprint density at radius 1 is 1.44 bits per heavy atom. The Bertz CT molecular complexity index is 237. The lowest BCUT2D eigenvalue weighted by atomic mass is 10.2. The van der Waals surface area contributed by atoms with E-state index in [1.54, 1.807) is 11.8 Å². The number of amides is 1. The van der Waals surface area contributed by atoms with Gasteiger partial charge in [0.15, 0.2) is 0 Å². The second-order valence-electron chi connectivity index (χ2n) is 4.81. The van der Waals surface area contributed by atoms with Crippen molar-refractivity contribution in [3.8, 4) is 0 Å². The molecule has 1 heterocycles. The summed E-state index contributed by atoms with van der Waals surface area (Å²) < 4.78 is 0. The standard InChI is InChI=1S/C12H22N2OS/c1-16-8-6-12(15)14(11-4-5-11)9-10-3-2-7-13-10/h10-11,13H,2-9H2,1H3/t10-/m0/s1. The minimum absolute atomic E-state index is 0.366. The predicted octanol–water partition coefficient (Wildman–Crippen LogP) is 1.48. The third-order valence-electron chi connectivity index (χ3n) is 3.41. The van der Waals surface area contributed by atoms with Crippen molar-refractivity contribution in [2.45, 2.75) is 44.2 Å². The maximum absolute atomic E-state index is 12.1. The first-order valence-electron chi connectivity index (χ1n) is 6.33. The highest BCUT2D eigenvalue weighted by Gasteiger charge is 2.33. The SMILES string of the molecule is CSCCC(=O)N(C[C@@H]1CCCN1)C1CC1. The number of hydrogen-bond donors (Lipinski definition) is 1. The smallest absolute Gasteiger partial charge is 0.223 e. The van der Waals surface area contributed by atoms with E-state index < -0.39 is 0 Å². The molecular formula is C12H22N2OS. The fourth-order valence-electron chi connectivity index (χ4n) is 2.32. The summed E-state index contributed by atoms with van der Waals surface area (Å²) >= 11 is 1.76. The lowest BCUT2D eigenvalue weighted by Gasteiger charge is -2.25. The van der Waals surface area contributed by atoms with Crippen LogP contribution in [0.5, 0.6) is 0 Å². The van der Waals surface area contributed by atoms with Crippen LogP contribution in [-0.4, -0.2) is 48.0 Å². The summed E-state index contributed by atoms with van der Waals surface area (Å²) in [5.74, 6) is 1.32. The molecule has 2 rings (SSSR count). The minimum Gasteiger partial charge on any atom is -0.338 e. The summed E-state index contributed by atoms with van der Waals surface area (Å²) in [6.45, 7) is 2.07. The zero-order valence-electron chi connectivity index (χ0n) is 10.1. The Kier molecular flexibility index (Phi) is 4.53. The molecule has 2 aliphatic rings. The van der Waals surface area contributed by atoms with Crippen molar-refractivity contribution in [1.29, 1.82) is 0 Å². The average Bonchev–Trinajstić information content (AvgIpc) is 3.00. The van der Waals surface area contributed by atoms with Crippen LogP contribution >= 0.6 is 11.8 Å². The second kappa shape index (κ2) is 5.92. The van der Waals surface area contributed by atoms with Crippen LogP contribution in [0.4, 0.5) is 0 Å². The minimum atomic E-state index is 0.366. The van der Waals surface area contributed by atoms with Gasteiger partial charge in [0.25, 0.3) is 0 Å². The molecule has 1 saturated carbocycles. The molecule has 3 nitrogen and oxygen atoms in total. The lowest BCUT2D eigenvalue weighted by Crippen LogP contribution is -2.42. The third-order valence-corrected chi connectivity index (χ3v) is 4.02. The van der Waals surface area contributed by atoms with E-state index in [0.717, 1.165) is 18.8 Å². The van der Waals surface area contributed by atoms with Crippen LogP contribution in [0, 0.1) is 0 Å². The number of thioether (sulfide) groups is 1. The van der Waals surface area contributed by atoms with E-state index in [0.29, 0.717) is 24.4 Å². The number of carbonyl (C=O) groups excluding carboxylic acids is 1. The Hall–Kier alpha value is -0.220. The molecule has 1 amide bonds. The molecule has 0 unspecified atom stereocenters. The number of carbonyl (C=O) groups is 1. The Labute approximate surface area is 102 Å². The van der Waals surface area contributed by atoms with E-state index in [4.69, 9.17) is 0 Å². The molecule has 0 radical (unpaired) electrons. The van der Waals surface area contributed by atoms with E-state index in [1.165, 1.54) is 25.7 Å². The van der Waals surface area contributed by atoms with E-state index in [2.05, 4.69) is 16.5 Å². The van der Waals surface area contributed by atoms with Gasteiger partial charge in [-0.15, -0.1) is 0 Å². The van der Waals surface area contributed by atoms with Gasteiger partial charge in [-0.05, 0) is 38.5 Å². The van der Waals surface area contributed by atoms with Gasteiger partial charge in [0.1, 0.15) is 0 Å². The van der Waals surface area contributed by atoms with Crippen LogP contribution in [0.3, 0.4) is 0 Å². The van der Waals surface area contributed by atoms with Gasteiger partial charge in [-0.2, -0.15) is 11.8 Å². The Morgan fingerprint density at radius 3 is 2.81 bits per heavy atom. The molecule has 2 fully saturated rings. The third kappa shape index (κ3) is 3.39. The first kappa shape index (κ1) is 12.2. The number of hydrogen-bond acceptors (Lipinski definition) is 3. The summed E-state index contributed by atoms with van der Waals surface area (Å²) in [5, 5.41) is 3.48. The molecule has 0 bridgehead atoms. The first-order chi connectivity index (χ1) is 7.81. The van der Waals surface area contributed by atoms with Crippen LogP contribution in [0.1, 0.15) is 32.1 Å². The summed E-state index contributed by atoms with van der Waals surface area (Å²) in [4.78, 5) is 14.2. The molecule has 0 aromatic carbocycles. The van der Waals surface area contributed by atoms with Gasteiger partial charge in [0.2, 0.25) is 5.91 Å². The molecule has 1 aliphatic carbocycles. The highest BCUT2D eigenvalue weighted by Crippen LogP contribution is 2.28. The Morgan fingerprint density at radius 2 is 2.25 bits per heavy atom. The van der Waals surface area contributed by atoms with Crippen molar-refractivity contribution < 1.29 is 4.79 Å². The van der Waals surface area contributed by atoms with Crippen molar-refractivity contribution in [3.63, 3.8) is 0 Å². The number of nitrogens with zero attached hydrogens (tertiary/aromatic N) is 1. The summed E-state index contributed by atoms with van der Waals surface area (Å²) in [7, 11) is 0. The monoisotopic (exact) mass is 242 g/mol. The zero-order valence-corrected chi connectivity index (χ0v) is 10.9. The number of rotatable bonds is 6. The molecule has 0 aromatic heterocycles. The van der Waals surface area contributed by atoms with Crippen molar-refractivity contribution in [2.75, 3.05) is 25.1 Å². The molecule has 16 heavy (non-hydrogen) atoms. The van der Waals surface area contributed by atoms with Crippen LogP contribution in [-0.2, 0) is 4.79 Å². The molecule has 1 N–H and O–H groups in total. The van der Waals surface area contributed by atoms with Gasteiger partial charge in [0, 0.05) is 30.8 Å². The topological polar surface area (TPSA) is 32.3 Å². The second-order valence-corrected chi connectivity index (χ2v) is 5.80. The summed E-state index contributed by atoms with van der Waals surface area (Å²) in [6, 6.07) is 1.12. The fraction of sp³-hybridized carbons (Fsp3) is 0.917. The molecule has 1 atom stereocenters. The maximum atomic E-state index is 12.1. The largest absolute Gasteiger partial charge is 0.338 e. The highest BCUT2D eigenvalue weighted by molar-refractivity contribution is 7.98.